The van der Waals surface area contributed by atoms with Crippen LogP contribution < -0.4 is 10.1 Å². The van der Waals surface area contributed by atoms with Crippen molar-refractivity contribution in [1.29, 1.82) is 0 Å². The molecule has 0 fully saturated rings. The summed E-state index contributed by atoms with van der Waals surface area (Å²) in [6.07, 6.45) is 1.92. The first-order valence-corrected chi connectivity index (χ1v) is 10.5. The van der Waals surface area contributed by atoms with Gasteiger partial charge in [0.1, 0.15) is 10.6 Å². The lowest BCUT2D eigenvalue weighted by Crippen LogP contribution is -2.22. The Hall–Kier alpha value is -2.39. The molecule has 1 aromatic heterocycles. The Morgan fingerprint density at radius 2 is 1.85 bits per heavy atom. The summed E-state index contributed by atoms with van der Waals surface area (Å²) < 4.78 is 28.2. The molecule has 0 aliphatic carbocycles. The molecule has 0 radical (unpaired) electrons. The van der Waals surface area contributed by atoms with E-state index in [4.69, 9.17) is 9.84 Å². The smallest absolute Gasteiger partial charge is 0.345 e. The zero-order valence-corrected chi connectivity index (χ0v) is 15.7. The lowest BCUT2D eigenvalue weighted by atomic mass is 10.3. The van der Waals surface area contributed by atoms with Crippen molar-refractivity contribution in [2.75, 3.05) is 12.9 Å². The van der Waals surface area contributed by atoms with Crippen LogP contribution in [0.1, 0.15) is 27.4 Å². The van der Waals surface area contributed by atoms with Crippen LogP contribution in [0.2, 0.25) is 0 Å². The largest absolute Gasteiger partial charge is 0.494 e. The molecule has 0 saturated heterocycles. The molecule has 0 aliphatic rings. The highest BCUT2D eigenvalue weighted by Crippen LogP contribution is 2.17. The van der Waals surface area contributed by atoms with Gasteiger partial charge in [0.15, 0.2) is 9.84 Å². The summed E-state index contributed by atoms with van der Waals surface area (Å²) in [5.74, 6) is -0.585. The molecule has 140 valence electrons. The maximum Gasteiger partial charge on any atom is 0.345 e. The van der Waals surface area contributed by atoms with Gasteiger partial charge in [0, 0.05) is 17.6 Å². The molecule has 0 saturated carbocycles. The quantitative estimate of drug-likeness (QED) is 0.629. The van der Waals surface area contributed by atoms with Gasteiger partial charge in [-0.3, -0.25) is 4.79 Å². The number of hydrogen-bond acceptors (Lipinski definition) is 6. The molecule has 2 rings (SSSR count). The number of amides is 1. The second kappa shape index (κ2) is 8.81. The molecule has 1 aromatic carbocycles. The highest BCUT2D eigenvalue weighted by Gasteiger charge is 2.09. The van der Waals surface area contributed by atoms with Crippen molar-refractivity contribution < 1.29 is 27.9 Å². The topological polar surface area (TPSA) is 110 Å². The SMILES string of the molecule is CS(=O)(=O)c1ccc(OCCCC(=O)NCc2ccc(C(=O)O)s2)cc1. The molecule has 0 aliphatic heterocycles. The van der Waals surface area contributed by atoms with Crippen molar-refractivity contribution in [3.05, 3.63) is 46.2 Å². The van der Waals surface area contributed by atoms with E-state index in [2.05, 4.69) is 5.32 Å². The van der Waals surface area contributed by atoms with E-state index in [1.807, 2.05) is 0 Å². The van der Waals surface area contributed by atoms with Gasteiger partial charge in [0.25, 0.3) is 0 Å². The first-order chi connectivity index (χ1) is 12.3. The number of carboxylic acids is 1. The summed E-state index contributed by atoms with van der Waals surface area (Å²) >= 11 is 1.13. The Kier molecular flexibility index (Phi) is 6.76. The molecule has 1 amide bonds. The monoisotopic (exact) mass is 397 g/mol. The van der Waals surface area contributed by atoms with Gasteiger partial charge in [-0.15, -0.1) is 11.3 Å². The Balaban J connectivity index is 1.67. The van der Waals surface area contributed by atoms with Crippen LogP contribution in [0.25, 0.3) is 0 Å². The number of hydrogen-bond donors (Lipinski definition) is 2. The molecule has 2 N–H and O–H groups in total. The van der Waals surface area contributed by atoms with Crippen LogP contribution in [-0.4, -0.2) is 38.3 Å². The van der Waals surface area contributed by atoms with Crippen molar-refractivity contribution in [3.8, 4) is 5.75 Å². The minimum absolute atomic E-state index is 0.147. The van der Waals surface area contributed by atoms with Crippen LogP contribution in [0.15, 0.2) is 41.3 Å². The summed E-state index contributed by atoms with van der Waals surface area (Å²) in [5, 5.41) is 11.6. The van der Waals surface area contributed by atoms with Crippen LogP contribution in [-0.2, 0) is 21.2 Å². The summed E-state index contributed by atoms with van der Waals surface area (Å²) in [7, 11) is -3.23. The van der Waals surface area contributed by atoms with Gasteiger partial charge in [-0.2, -0.15) is 0 Å². The van der Waals surface area contributed by atoms with E-state index < -0.39 is 15.8 Å². The highest BCUT2D eigenvalue weighted by molar-refractivity contribution is 7.90. The van der Waals surface area contributed by atoms with Crippen LogP contribution in [0, 0.1) is 0 Å². The molecule has 0 atom stereocenters. The van der Waals surface area contributed by atoms with Gasteiger partial charge >= 0.3 is 5.97 Å². The second-order valence-electron chi connectivity index (χ2n) is 5.54. The average Bonchev–Trinajstić information content (AvgIpc) is 3.06. The number of thiophene rings is 1. The Morgan fingerprint density at radius 1 is 1.15 bits per heavy atom. The van der Waals surface area contributed by atoms with E-state index >= 15 is 0 Å². The van der Waals surface area contributed by atoms with Gasteiger partial charge < -0.3 is 15.2 Å². The molecule has 0 spiro atoms. The number of carboxylic acid groups (broad SMARTS) is 1. The number of sulfone groups is 1. The molecule has 0 bridgehead atoms. The first kappa shape index (κ1) is 19.9. The minimum atomic E-state index is -3.23. The van der Waals surface area contributed by atoms with Gasteiger partial charge in [-0.25, -0.2) is 13.2 Å². The standard InChI is InChI=1S/C17H19NO6S2/c1-26(22,23)14-7-4-12(5-8-14)24-10-2-3-16(19)18-11-13-6-9-15(25-13)17(20)21/h4-9H,2-3,10-11H2,1H3,(H,18,19)(H,20,21). The number of nitrogens with one attached hydrogen (secondary N) is 1. The number of ether oxygens (including phenoxy) is 1. The first-order valence-electron chi connectivity index (χ1n) is 7.77. The van der Waals surface area contributed by atoms with E-state index in [1.165, 1.54) is 18.2 Å². The lowest BCUT2D eigenvalue weighted by molar-refractivity contribution is -0.121. The Labute approximate surface area is 155 Å². The third-order valence-electron chi connectivity index (χ3n) is 3.40. The van der Waals surface area contributed by atoms with Crippen LogP contribution in [0.4, 0.5) is 0 Å². The highest BCUT2D eigenvalue weighted by atomic mass is 32.2. The van der Waals surface area contributed by atoms with E-state index in [1.54, 1.807) is 18.2 Å². The molecule has 0 unspecified atom stereocenters. The molecule has 7 nitrogen and oxygen atoms in total. The van der Waals surface area contributed by atoms with Crippen molar-refractivity contribution >= 4 is 33.1 Å². The summed E-state index contributed by atoms with van der Waals surface area (Å²) in [6, 6.07) is 9.29. The fourth-order valence-electron chi connectivity index (χ4n) is 2.07. The van der Waals surface area contributed by atoms with Gasteiger partial charge in [-0.1, -0.05) is 0 Å². The Bertz CT molecular complexity index is 871. The normalized spacial score (nSPS) is 11.1. The third-order valence-corrected chi connectivity index (χ3v) is 5.60. The van der Waals surface area contributed by atoms with Crippen LogP contribution in [0.3, 0.4) is 0 Å². The molecule has 1 heterocycles. The average molecular weight is 397 g/mol. The molecular formula is C17H19NO6S2. The van der Waals surface area contributed by atoms with Crippen LogP contribution in [0.5, 0.6) is 5.75 Å². The number of aromatic carboxylic acids is 1. The van der Waals surface area contributed by atoms with Crippen molar-refractivity contribution in [2.24, 2.45) is 0 Å². The number of benzene rings is 1. The maximum absolute atomic E-state index is 11.8. The lowest BCUT2D eigenvalue weighted by Gasteiger charge is -2.07. The van der Waals surface area contributed by atoms with Gasteiger partial charge in [0.05, 0.1) is 18.0 Å². The van der Waals surface area contributed by atoms with Crippen molar-refractivity contribution in [2.45, 2.75) is 24.3 Å². The van der Waals surface area contributed by atoms with E-state index in [0.717, 1.165) is 22.5 Å². The molecule has 2 aromatic rings. The second-order valence-corrected chi connectivity index (χ2v) is 8.73. The Morgan fingerprint density at radius 3 is 2.42 bits per heavy atom. The molecule has 26 heavy (non-hydrogen) atoms. The maximum atomic E-state index is 11.8. The number of rotatable bonds is 9. The molecule has 9 heteroatoms. The van der Waals surface area contributed by atoms with E-state index in [-0.39, 0.29) is 22.1 Å². The number of carbonyl (C=O) groups excluding carboxylic acids is 1. The fraction of sp³-hybridized carbons (Fsp3) is 0.294. The van der Waals surface area contributed by atoms with E-state index in [0.29, 0.717) is 25.3 Å². The van der Waals surface area contributed by atoms with Gasteiger partial charge in [0.2, 0.25) is 5.91 Å². The van der Waals surface area contributed by atoms with Crippen molar-refractivity contribution in [1.82, 2.24) is 5.32 Å². The predicted octanol–water partition coefficient (Wildman–Crippen LogP) is 2.33. The summed E-state index contributed by atoms with van der Waals surface area (Å²) in [6.45, 7) is 0.623. The fourth-order valence-corrected chi connectivity index (χ4v) is 3.48. The van der Waals surface area contributed by atoms with Crippen LogP contribution >= 0.6 is 11.3 Å². The predicted molar refractivity (Wildman–Crippen MR) is 97.4 cm³/mol. The van der Waals surface area contributed by atoms with Crippen molar-refractivity contribution in [3.63, 3.8) is 0 Å². The minimum Gasteiger partial charge on any atom is -0.494 e. The van der Waals surface area contributed by atoms with E-state index in [9.17, 15) is 18.0 Å². The number of carbonyl (C=O) groups is 2. The summed E-state index contributed by atoms with van der Waals surface area (Å²) in [5.41, 5.74) is 0. The zero-order valence-electron chi connectivity index (χ0n) is 14.1. The third kappa shape index (κ3) is 6.16. The zero-order chi connectivity index (χ0) is 19.2. The van der Waals surface area contributed by atoms with Gasteiger partial charge in [-0.05, 0) is 42.8 Å². The molecular weight excluding hydrogens is 378 g/mol. The summed E-state index contributed by atoms with van der Waals surface area (Å²) in [4.78, 5) is 23.8.